The van der Waals surface area contributed by atoms with E-state index in [1.54, 1.807) is 48.5 Å². The maximum absolute atomic E-state index is 14.4. The zero-order valence-electron chi connectivity index (χ0n) is 18.8. The minimum absolute atomic E-state index is 0. The van der Waals surface area contributed by atoms with Crippen LogP contribution < -0.4 is 10.6 Å². The SMILES string of the molecule is Cc1ccc(N(CCc2c(F)cc(C(F)(F)F)c(F)c2F)C(=O)C(N)c2ccccc2)cc1C.Cl. The second kappa shape index (κ2) is 11.1. The monoisotopic (exact) mass is 516 g/mol. The minimum Gasteiger partial charge on any atom is -0.316 e. The molecule has 1 atom stereocenters. The van der Waals surface area contributed by atoms with Gasteiger partial charge in [0.05, 0.1) is 5.56 Å². The van der Waals surface area contributed by atoms with Gasteiger partial charge in [-0.05, 0) is 55.2 Å². The Morgan fingerprint density at radius 3 is 2.14 bits per heavy atom. The molecule has 2 N–H and O–H groups in total. The van der Waals surface area contributed by atoms with Crippen LogP contribution in [0.25, 0.3) is 0 Å². The number of carbonyl (C=O) groups is 1. The number of anilines is 1. The van der Waals surface area contributed by atoms with E-state index in [0.717, 1.165) is 11.1 Å². The van der Waals surface area contributed by atoms with Crippen molar-refractivity contribution in [3.63, 3.8) is 0 Å². The standard InChI is InChI=1S/C25H22F6N2O.ClH/c1-14-8-9-17(12-15(14)2)33(24(34)23(32)16-6-4-3-5-7-16)11-10-18-20(26)13-19(25(29,30)31)22(28)21(18)27;/h3-9,12-13,23H,10-11,32H2,1-2H3;1H. The van der Waals surface area contributed by atoms with Gasteiger partial charge in [-0.1, -0.05) is 36.4 Å². The number of alkyl halides is 3. The molecule has 35 heavy (non-hydrogen) atoms. The van der Waals surface area contributed by atoms with Crippen molar-refractivity contribution < 1.29 is 31.1 Å². The molecule has 0 fully saturated rings. The predicted octanol–water partition coefficient (Wildman–Crippen LogP) is 6.44. The molecular weight excluding hydrogens is 494 g/mol. The van der Waals surface area contributed by atoms with Crippen LogP contribution >= 0.6 is 12.4 Å². The van der Waals surface area contributed by atoms with Crippen molar-refractivity contribution in [2.24, 2.45) is 5.73 Å². The number of nitrogens with two attached hydrogens (primary N) is 1. The lowest BCUT2D eigenvalue weighted by atomic mass is 10.0. The van der Waals surface area contributed by atoms with Crippen molar-refractivity contribution in [1.82, 2.24) is 0 Å². The molecule has 0 bridgehead atoms. The van der Waals surface area contributed by atoms with Crippen molar-refractivity contribution in [3.8, 4) is 0 Å². The highest BCUT2D eigenvalue weighted by Crippen LogP contribution is 2.34. The number of amides is 1. The molecule has 0 aliphatic carbocycles. The molecule has 0 spiro atoms. The normalized spacial score (nSPS) is 12.1. The van der Waals surface area contributed by atoms with Crippen molar-refractivity contribution >= 4 is 24.0 Å². The molecule has 0 heterocycles. The first-order valence-electron chi connectivity index (χ1n) is 10.3. The Hall–Kier alpha value is -3.04. The fourth-order valence-electron chi connectivity index (χ4n) is 3.52. The summed E-state index contributed by atoms with van der Waals surface area (Å²) in [5, 5.41) is 0. The van der Waals surface area contributed by atoms with E-state index >= 15 is 0 Å². The highest BCUT2D eigenvalue weighted by atomic mass is 35.5. The number of hydrogen-bond acceptors (Lipinski definition) is 2. The Labute approximate surface area is 205 Å². The molecule has 1 unspecified atom stereocenters. The van der Waals surface area contributed by atoms with Gasteiger partial charge in [-0.15, -0.1) is 12.4 Å². The fraction of sp³-hybridized carbons (Fsp3) is 0.240. The van der Waals surface area contributed by atoms with Crippen LogP contribution in [0.4, 0.5) is 32.0 Å². The van der Waals surface area contributed by atoms with Gasteiger partial charge in [0, 0.05) is 17.8 Å². The van der Waals surface area contributed by atoms with Crippen molar-refractivity contribution in [1.29, 1.82) is 0 Å². The highest BCUT2D eigenvalue weighted by molar-refractivity contribution is 5.97. The molecular formula is C25H23ClF6N2O. The summed E-state index contributed by atoms with van der Waals surface area (Å²) in [6.07, 6.45) is -5.83. The Morgan fingerprint density at radius 1 is 0.943 bits per heavy atom. The van der Waals surface area contributed by atoms with E-state index in [4.69, 9.17) is 5.73 Å². The van der Waals surface area contributed by atoms with E-state index in [2.05, 4.69) is 0 Å². The molecule has 0 aromatic heterocycles. The van der Waals surface area contributed by atoms with Crippen LogP contribution in [0.5, 0.6) is 0 Å². The van der Waals surface area contributed by atoms with E-state index in [-0.39, 0.29) is 25.0 Å². The van der Waals surface area contributed by atoms with E-state index in [1.807, 2.05) is 13.8 Å². The lowest BCUT2D eigenvalue weighted by molar-refractivity contribution is -0.140. The van der Waals surface area contributed by atoms with Gasteiger partial charge in [0.25, 0.3) is 0 Å². The molecule has 0 aliphatic rings. The summed E-state index contributed by atoms with van der Waals surface area (Å²) in [5.74, 6) is -6.27. The van der Waals surface area contributed by atoms with Crippen LogP contribution in [0.15, 0.2) is 54.6 Å². The molecule has 10 heteroatoms. The molecule has 1 amide bonds. The average molecular weight is 517 g/mol. The third kappa shape index (κ3) is 6.15. The first-order chi connectivity index (χ1) is 15.9. The largest absolute Gasteiger partial charge is 0.419 e. The number of halogens is 7. The molecule has 3 aromatic carbocycles. The number of rotatable bonds is 6. The molecule has 0 saturated carbocycles. The summed E-state index contributed by atoms with van der Waals surface area (Å²) < 4.78 is 81.4. The van der Waals surface area contributed by atoms with Crippen LogP contribution in [0, 0.1) is 31.3 Å². The lowest BCUT2D eigenvalue weighted by Crippen LogP contribution is -2.40. The average Bonchev–Trinajstić information content (AvgIpc) is 2.79. The number of benzene rings is 3. The summed E-state index contributed by atoms with van der Waals surface area (Å²) in [4.78, 5) is 14.5. The molecule has 0 aliphatic heterocycles. The Bertz CT molecular complexity index is 1200. The first-order valence-corrected chi connectivity index (χ1v) is 10.3. The van der Waals surface area contributed by atoms with Crippen LogP contribution in [-0.2, 0) is 17.4 Å². The van der Waals surface area contributed by atoms with Crippen molar-refractivity contribution in [2.45, 2.75) is 32.5 Å². The van der Waals surface area contributed by atoms with E-state index in [0.29, 0.717) is 11.3 Å². The van der Waals surface area contributed by atoms with E-state index in [1.165, 1.54) is 4.90 Å². The molecule has 3 nitrogen and oxygen atoms in total. The Morgan fingerprint density at radius 2 is 1.57 bits per heavy atom. The smallest absolute Gasteiger partial charge is 0.316 e. The van der Waals surface area contributed by atoms with Gasteiger partial charge in [0.2, 0.25) is 5.91 Å². The Balaban J connectivity index is 0.00000432. The van der Waals surface area contributed by atoms with Gasteiger partial charge in [-0.25, -0.2) is 13.2 Å². The summed E-state index contributed by atoms with van der Waals surface area (Å²) >= 11 is 0. The summed E-state index contributed by atoms with van der Waals surface area (Å²) in [7, 11) is 0. The molecule has 3 aromatic rings. The quantitative estimate of drug-likeness (QED) is 0.303. The van der Waals surface area contributed by atoms with Crippen molar-refractivity contribution in [3.05, 3.63) is 99.9 Å². The van der Waals surface area contributed by atoms with E-state index in [9.17, 15) is 31.1 Å². The van der Waals surface area contributed by atoms with Gasteiger partial charge < -0.3 is 10.6 Å². The van der Waals surface area contributed by atoms with Gasteiger partial charge in [0.15, 0.2) is 11.6 Å². The molecule has 0 saturated heterocycles. The van der Waals surface area contributed by atoms with Crippen LogP contribution in [0.1, 0.15) is 33.9 Å². The first kappa shape index (κ1) is 28.2. The Kier molecular flexibility index (Phi) is 8.97. The number of hydrogen-bond donors (Lipinski definition) is 1. The number of carbonyl (C=O) groups excluding carboxylic acids is 1. The van der Waals surface area contributed by atoms with E-state index < -0.39 is 53.1 Å². The topological polar surface area (TPSA) is 46.3 Å². The zero-order chi connectivity index (χ0) is 25.2. The third-order valence-electron chi connectivity index (χ3n) is 5.64. The second-order valence-corrected chi connectivity index (χ2v) is 7.91. The summed E-state index contributed by atoms with van der Waals surface area (Å²) in [6.45, 7) is 3.32. The predicted molar refractivity (Wildman–Crippen MR) is 124 cm³/mol. The zero-order valence-corrected chi connectivity index (χ0v) is 19.6. The van der Waals surface area contributed by atoms with Gasteiger partial charge in [-0.3, -0.25) is 4.79 Å². The number of aryl methyl sites for hydroxylation is 2. The fourth-order valence-corrected chi connectivity index (χ4v) is 3.52. The highest BCUT2D eigenvalue weighted by Gasteiger charge is 2.37. The number of nitrogens with zero attached hydrogens (tertiary/aromatic N) is 1. The third-order valence-corrected chi connectivity index (χ3v) is 5.64. The van der Waals surface area contributed by atoms with Crippen molar-refractivity contribution in [2.75, 3.05) is 11.4 Å². The minimum atomic E-state index is -5.26. The molecule has 188 valence electrons. The van der Waals surface area contributed by atoms with Crippen LogP contribution in [-0.4, -0.2) is 12.5 Å². The second-order valence-electron chi connectivity index (χ2n) is 7.91. The maximum atomic E-state index is 14.4. The van der Waals surface area contributed by atoms with Crippen LogP contribution in [0.3, 0.4) is 0 Å². The maximum Gasteiger partial charge on any atom is 0.419 e. The van der Waals surface area contributed by atoms with Crippen LogP contribution in [0.2, 0.25) is 0 Å². The summed E-state index contributed by atoms with van der Waals surface area (Å²) in [6, 6.07) is 12.3. The molecule has 0 radical (unpaired) electrons. The summed E-state index contributed by atoms with van der Waals surface area (Å²) in [5.41, 5.74) is 5.88. The van der Waals surface area contributed by atoms with Gasteiger partial charge in [-0.2, -0.15) is 13.2 Å². The lowest BCUT2D eigenvalue weighted by Gasteiger charge is -2.27. The molecule has 3 rings (SSSR count). The van der Waals surface area contributed by atoms with Gasteiger partial charge >= 0.3 is 6.18 Å². The van der Waals surface area contributed by atoms with Gasteiger partial charge in [0.1, 0.15) is 11.9 Å².